The third-order valence-corrected chi connectivity index (χ3v) is 3.36. The first-order valence-electron chi connectivity index (χ1n) is 6.70. The van der Waals surface area contributed by atoms with Gasteiger partial charge in [-0.25, -0.2) is 4.39 Å². The van der Waals surface area contributed by atoms with E-state index in [1.165, 1.54) is 18.9 Å². The number of hydrogen-bond donors (Lipinski definition) is 0. The Kier molecular flexibility index (Phi) is 6.48. The molecule has 0 fully saturated rings. The Labute approximate surface area is 115 Å². The number of unbranched alkanes of at least 4 members (excludes halogenated alkanes) is 2. The molecule has 0 aromatic heterocycles. The Balaban J connectivity index is 2.87. The second kappa shape index (κ2) is 7.63. The van der Waals surface area contributed by atoms with Crippen LogP contribution in [0.15, 0.2) is 18.2 Å². The van der Waals surface area contributed by atoms with Gasteiger partial charge in [-0.05, 0) is 44.0 Å². The van der Waals surface area contributed by atoms with Crippen LogP contribution < -0.4 is 4.90 Å². The standard InChI is InChI=1S/C15H23ClFN/c1-4-5-6-7-18(12(2)3)15-9-13(11-16)8-14(17)10-15/h8-10,12H,4-7,11H2,1-3H3. The molecule has 1 aromatic carbocycles. The van der Waals surface area contributed by atoms with E-state index < -0.39 is 0 Å². The third-order valence-electron chi connectivity index (χ3n) is 3.05. The fourth-order valence-corrected chi connectivity index (χ4v) is 2.25. The molecule has 102 valence electrons. The summed E-state index contributed by atoms with van der Waals surface area (Å²) in [5.41, 5.74) is 1.78. The van der Waals surface area contributed by atoms with Gasteiger partial charge in [0.05, 0.1) is 0 Å². The van der Waals surface area contributed by atoms with Crippen LogP contribution in [0, 0.1) is 5.82 Å². The molecule has 1 rings (SSSR count). The van der Waals surface area contributed by atoms with Gasteiger partial charge in [-0.1, -0.05) is 19.8 Å². The van der Waals surface area contributed by atoms with Gasteiger partial charge in [-0.15, -0.1) is 11.6 Å². The molecule has 0 aliphatic rings. The topological polar surface area (TPSA) is 3.24 Å². The number of benzene rings is 1. The van der Waals surface area contributed by atoms with E-state index in [-0.39, 0.29) is 5.82 Å². The Morgan fingerprint density at radius 1 is 1.22 bits per heavy atom. The van der Waals surface area contributed by atoms with Gasteiger partial charge in [0.2, 0.25) is 0 Å². The quantitative estimate of drug-likeness (QED) is 0.500. The number of alkyl halides is 1. The smallest absolute Gasteiger partial charge is 0.125 e. The monoisotopic (exact) mass is 271 g/mol. The van der Waals surface area contributed by atoms with Crippen molar-refractivity contribution in [1.82, 2.24) is 0 Å². The summed E-state index contributed by atoms with van der Waals surface area (Å²) >= 11 is 5.80. The van der Waals surface area contributed by atoms with Crippen molar-refractivity contribution in [3.05, 3.63) is 29.6 Å². The minimum Gasteiger partial charge on any atom is -0.369 e. The minimum atomic E-state index is -0.204. The molecule has 0 aliphatic carbocycles. The fraction of sp³-hybridized carbons (Fsp3) is 0.600. The Morgan fingerprint density at radius 2 is 1.94 bits per heavy atom. The van der Waals surface area contributed by atoms with Crippen molar-refractivity contribution in [2.75, 3.05) is 11.4 Å². The molecule has 0 spiro atoms. The summed E-state index contributed by atoms with van der Waals surface area (Å²) in [4.78, 5) is 2.24. The molecule has 0 saturated heterocycles. The van der Waals surface area contributed by atoms with Gasteiger partial charge < -0.3 is 4.90 Å². The summed E-state index contributed by atoms with van der Waals surface area (Å²) in [6.45, 7) is 7.43. The van der Waals surface area contributed by atoms with Crippen LogP contribution in [0.1, 0.15) is 45.6 Å². The lowest BCUT2D eigenvalue weighted by Crippen LogP contribution is -2.31. The van der Waals surface area contributed by atoms with E-state index in [2.05, 4.69) is 25.7 Å². The van der Waals surface area contributed by atoms with Crippen LogP contribution in [-0.4, -0.2) is 12.6 Å². The third kappa shape index (κ3) is 4.49. The van der Waals surface area contributed by atoms with Crippen LogP contribution in [0.4, 0.5) is 10.1 Å². The average molecular weight is 272 g/mol. The highest BCUT2D eigenvalue weighted by molar-refractivity contribution is 6.17. The molecule has 1 nitrogen and oxygen atoms in total. The van der Waals surface area contributed by atoms with E-state index in [4.69, 9.17) is 11.6 Å². The molecule has 1 aromatic rings. The lowest BCUT2D eigenvalue weighted by molar-refractivity contribution is 0.609. The lowest BCUT2D eigenvalue weighted by Gasteiger charge is -2.29. The molecule has 0 bridgehead atoms. The van der Waals surface area contributed by atoms with Crippen molar-refractivity contribution in [3.8, 4) is 0 Å². The predicted octanol–water partition coefficient (Wildman–Crippen LogP) is 4.97. The number of rotatable bonds is 7. The van der Waals surface area contributed by atoms with Crippen molar-refractivity contribution >= 4 is 17.3 Å². The molecule has 3 heteroatoms. The molecule has 18 heavy (non-hydrogen) atoms. The maximum Gasteiger partial charge on any atom is 0.125 e. The van der Waals surface area contributed by atoms with E-state index >= 15 is 0 Å². The summed E-state index contributed by atoms with van der Waals surface area (Å²) in [6.07, 6.45) is 3.55. The maximum atomic E-state index is 13.5. The fourth-order valence-electron chi connectivity index (χ4n) is 2.09. The molecule has 0 aliphatic heterocycles. The Morgan fingerprint density at radius 3 is 2.50 bits per heavy atom. The van der Waals surface area contributed by atoms with Gasteiger partial charge >= 0.3 is 0 Å². The van der Waals surface area contributed by atoms with Gasteiger partial charge in [-0.3, -0.25) is 0 Å². The second-order valence-electron chi connectivity index (χ2n) is 4.95. The second-order valence-corrected chi connectivity index (χ2v) is 5.21. The van der Waals surface area contributed by atoms with Gasteiger partial charge in [0, 0.05) is 24.2 Å². The van der Waals surface area contributed by atoms with Crippen molar-refractivity contribution in [2.45, 2.75) is 52.0 Å². The first kappa shape index (κ1) is 15.3. The van der Waals surface area contributed by atoms with Crippen LogP contribution in [-0.2, 0) is 5.88 Å². The summed E-state index contributed by atoms with van der Waals surface area (Å²) in [7, 11) is 0. The summed E-state index contributed by atoms with van der Waals surface area (Å²) in [6, 6.07) is 5.46. The Hall–Kier alpha value is -0.760. The number of halogens is 2. The van der Waals surface area contributed by atoms with Crippen LogP contribution >= 0.6 is 11.6 Å². The molecule has 0 saturated carbocycles. The number of nitrogens with zero attached hydrogens (tertiary/aromatic N) is 1. The van der Waals surface area contributed by atoms with E-state index in [1.807, 2.05) is 6.07 Å². The highest BCUT2D eigenvalue weighted by Crippen LogP contribution is 2.22. The molecule has 0 radical (unpaired) electrons. The SMILES string of the molecule is CCCCCN(c1cc(F)cc(CCl)c1)C(C)C. The van der Waals surface area contributed by atoms with Crippen LogP contribution in [0.2, 0.25) is 0 Å². The maximum absolute atomic E-state index is 13.5. The summed E-state index contributed by atoms with van der Waals surface area (Å²) in [5, 5.41) is 0. The average Bonchev–Trinajstić information content (AvgIpc) is 2.33. The zero-order chi connectivity index (χ0) is 13.5. The molecular formula is C15H23ClFN. The zero-order valence-corrected chi connectivity index (χ0v) is 12.3. The predicted molar refractivity (Wildman–Crippen MR) is 78.0 cm³/mol. The van der Waals surface area contributed by atoms with Gasteiger partial charge in [0.15, 0.2) is 0 Å². The highest BCUT2D eigenvalue weighted by Gasteiger charge is 2.12. The molecule has 0 heterocycles. The van der Waals surface area contributed by atoms with Crippen molar-refractivity contribution in [1.29, 1.82) is 0 Å². The first-order chi connectivity index (χ1) is 8.58. The van der Waals surface area contributed by atoms with Gasteiger partial charge in [-0.2, -0.15) is 0 Å². The number of hydrogen-bond acceptors (Lipinski definition) is 1. The zero-order valence-electron chi connectivity index (χ0n) is 11.5. The molecule has 0 amide bonds. The van der Waals surface area contributed by atoms with Crippen molar-refractivity contribution in [2.24, 2.45) is 0 Å². The van der Waals surface area contributed by atoms with Crippen LogP contribution in [0.5, 0.6) is 0 Å². The molecule has 0 atom stereocenters. The van der Waals surface area contributed by atoms with Crippen molar-refractivity contribution in [3.63, 3.8) is 0 Å². The summed E-state index contributed by atoms with van der Waals surface area (Å²) < 4.78 is 13.5. The largest absolute Gasteiger partial charge is 0.369 e. The highest BCUT2D eigenvalue weighted by atomic mass is 35.5. The first-order valence-corrected chi connectivity index (χ1v) is 7.24. The molecular weight excluding hydrogens is 249 g/mol. The van der Waals surface area contributed by atoms with Crippen molar-refractivity contribution < 1.29 is 4.39 Å². The van der Waals surface area contributed by atoms with E-state index in [9.17, 15) is 4.39 Å². The summed E-state index contributed by atoms with van der Waals surface area (Å²) in [5.74, 6) is 0.148. The van der Waals surface area contributed by atoms with Gasteiger partial charge in [0.1, 0.15) is 5.82 Å². The van der Waals surface area contributed by atoms with Crippen LogP contribution in [0.3, 0.4) is 0 Å². The minimum absolute atomic E-state index is 0.204. The molecule has 0 N–H and O–H groups in total. The molecule has 0 unspecified atom stereocenters. The number of anilines is 1. The Bertz CT molecular complexity index is 366. The van der Waals surface area contributed by atoms with E-state index in [1.54, 1.807) is 6.07 Å². The lowest BCUT2D eigenvalue weighted by atomic mass is 10.1. The van der Waals surface area contributed by atoms with Gasteiger partial charge in [0.25, 0.3) is 0 Å². The van der Waals surface area contributed by atoms with E-state index in [0.717, 1.165) is 24.2 Å². The normalized spacial score (nSPS) is 11.0. The van der Waals surface area contributed by atoms with Crippen LogP contribution in [0.25, 0.3) is 0 Å². The van der Waals surface area contributed by atoms with E-state index in [0.29, 0.717) is 11.9 Å².